The molecule has 1 saturated heterocycles. The summed E-state index contributed by atoms with van der Waals surface area (Å²) in [6.45, 7) is 6.38. The lowest BCUT2D eigenvalue weighted by molar-refractivity contribution is -0.274. The second-order valence-corrected chi connectivity index (χ2v) is 10.1. The average molecular weight is 543 g/mol. The van der Waals surface area contributed by atoms with E-state index in [-0.39, 0.29) is 17.7 Å². The van der Waals surface area contributed by atoms with Crippen LogP contribution in [0.5, 0.6) is 5.75 Å². The maximum absolute atomic E-state index is 13.1. The second-order valence-electron chi connectivity index (χ2n) is 10.1. The smallest absolute Gasteiger partial charge is 0.406 e. The Morgan fingerprint density at radius 2 is 1.79 bits per heavy atom. The molecule has 5 rings (SSSR count). The highest BCUT2D eigenvalue weighted by Crippen LogP contribution is 2.30. The number of hydrogen-bond acceptors (Lipinski definition) is 6. The molecule has 0 bridgehead atoms. The Balaban J connectivity index is 1.13. The first-order valence-electron chi connectivity index (χ1n) is 13.1. The molecule has 0 aliphatic carbocycles. The largest absolute Gasteiger partial charge is 0.573 e. The van der Waals surface area contributed by atoms with Gasteiger partial charge in [-0.25, -0.2) is 4.98 Å². The van der Waals surface area contributed by atoms with Gasteiger partial charge in [-0.15, -0.1) is 13.2 Å². The van der Waals surface area contributed by atoms with E-state index in [1.807, 2.05) is 38.2 Å². The number of halogens is 3. The summed E-state index contributed by atoms with van der Waals surface area (Å²) in [5.74, 6) is 0.629. The zero-order valence-corrected chi connectivity index (χ0v) is 22.3. The highest BCUT2D eigenvalue weighted by molar-refractivity contribution is 5.94. The summed E-state index contributed by atoms with van der Waals surface area (Å²) >= 11 is 0. The van der Waals surface area contributed by atoms with Crippen molar-refractivity contribution in [1.29, 1.82) is 0 Å². The molecule has 0 unspecified atom stereocenters. The van der Waals surface area contributed by atoms with Crippen LogP contribution in [0.2, 0.25) is 0 Å². The zero-order chi connectivity index (χ0) is 27.7. The van der Waals surface area contributed by atoms with Gasteiger partial charge in [-0.3, -0.25) is 9.69 Å². The molecule has 1 N–H and O–H groups in total. The molecule has 2 aliphatic rings. The van der Waals surface area contributed by atoms with Crippen molar-refractivity contribution < 1.29 is 22.7 Å². The molecule has 3 aromatic rings. The predicted octanol–water partition coefficient (Wildman–Crippen LogP) is 4.04. The molecule has 39 heavy (non-hydrogen) atoms. The summed E-state index contributed by atoms with van der Waals surface area (Å²) in [5, 5.41) is 3.07. The number of fused-ring (bicyclic) bond motifs is 1. The maximum Gasteiger partial charge on any atom is 0.573 e. The zero-order valence-electron chi connectivity index (χ0n) is 22.3. The van der Waals surface area contributed by atoms with E-state index in [1.54, 1.807) is 12.1 Å². The summed E-state index contributed by atoms with van der Waals surface area (Å²) in [6.07, 6.45) is -3.98. The van der Waals surface area contributed by atoms with E-state index in [4.69, 9.17) is 4.98 Å². The van der Waals surface area contributed by atoms with E-state index in [2.05, 4.69) is 36.4 Å². The fourth-order valence-electron chi connectivity index (χ4n) is 5.10. The van der Waals surface area contributed by atoms with Crippen molar-refractivity contribution in [3.05, 3.63) is 71.3 Å². The fraction of sp³-hybridized carbons (Fsp3) is 0.429. The van der Waals surface area contributed by atoms with Gasteiger partial charge in [0.05, 0.1) is 18.3 Å². The molecule has 3 heterocycles. The first-order chi connectivity index (χ1) is 18.6. The molecule has 2 aliphatic heterocycles. The van der Waals surface area contributed by atoms with E-state index in [0.717, 1.165) is 61.2 Å². The number of nitrogens with zero attached hydrogens (tertiary/aromatic N) is 5. The highest BCUT2D eigenvalue weighted by atomic mass is 19.4. The lowest BCUT2D eigenvalue weighted by atomic mass is 10.0. The number of anilines is 2. The van der Waals surface area contributed by atoms with Gasteiger partial charge in [0.2, 0.25) is 0 Å². The predicted molar refractivity (Wildman–Crippen MR) is 143 cm³/mol. The van der Waals surface area contributed by atoms with Crippen molar-refractivity contribution >= 4 is 17.3 Å². The Labute approximate surface area is 226 Å². The van der Waals surface area contributed by atoms with Crippen LogP contribution >= 0.6 is 0 Å². The van der Waals surface area contributed by atoms with Gasteiger partial charge in [0.25, 0.3) is 5.91 Å². The van der Waals surface area contributed by atoms with Crippen LogP contribution in [-0.4, -0.2) is 66.5 Å². The lowest BCUT2D eigenvalue weighted by Crippen LogP contribution is -2.58. The van der Waals surface area contributed by atoms with Crippen LogP contribution in [0.15, 0.2) is 48.5 Å². The minimum Gasteiger partial charge on any atom is -0.406 e. The number of amides is 1. The minimum atomic E-state index is -4.69. The van der Waals surface area contributed by atoms with Gasteiger partial charge in [-0.05, 0) is 55.4 Å². The molecule has 1 aromatic heterocycles. The number of likely N-dealkylation sites (N-methyl/N-ethyl adjacent to an activating group) is 2. The third-order valence-corrected chi connectivity index (χ3v) is 7.43. The number of aryl methyl sites for hydroxylation is 1. The summed E-state index contributed by atoms with van der Waals surface area (Å²) in [6, 6.07) is 14.3. The number of nitrogens with one attached hydrogen (secondary N) is 1. The van der Waals surface area contributed by atoms with Gasteiger partial charge < -0.3 is 24.4 Å². The molecule has 0 radical (unpaired) electrons. The Bertz CT molecular complexity index is 1300. The second kappa shape index (κ2) is 10.8. The van der Waals surface area contributed by atoms with Crippen LogP contribution in [0, 0.1) is 0 Å². The summed E-state index contributed by atoms with van der Waals surface area (Å²) in [5.41, 5.74) is 4.45. The van der Waals surface area contributed by atoms with E-state index < -0.39 is 6.36 Å². The van der Waals surface area contributed by atoms with Crippen molar-refractivity contribution in [1.82, 2.24) is 19.8 Å². The molecule has 208 valence electrons. The number of hydrogen-bond donors (Lipinski definition) is 1. The van der Waals surface area contributed by atoms with E-state index in [9.17, 15) is 18.0 Å². The number of benzene rings is 2. The molecule has 1 amide bonds. The van der Waals surface area contributed by atoms with Crippen LogP contribution in [0.3, 0.4) is 0 Å². The van der Waals surface area contributed by atoms with Crippen molar-refractivity contribution in [3.63, 3.8) is 0 Å². The first kappa shape index (κ1) is 26.9. The van der Waals surface area contributed by atoms with Gasteiger partial charge in [0, 0.05) is 51.1 Å². The van der Waals surface area contributed by atoms with Crippen molar-refractivity contribution in [2.45, 2.75) is 45.4 Å². The van der Waals surface area contributed by atoms with Crippen molar-refractivity contribution in [2.75, 3.05) is 43.5 Å². The fourth-order valence-corrected chi connectivity index (χ4v) is 5.10. The number of rotatable bonds is 8. The van der Waals surface area contributed by atoms with Gasteiger partial charge in [-0.1, -0.05) is 19.1 Å². The van der Waals surface area contributed by atoms with Gasteiger partial charge in [0.1, 0.15) is 17.3 Å². The molecule has 1 fully saturated rings. The topological polar surface area (TPSA) is 65.9 Å². The Hall–Kier alpha value is -3.73. The molecule has 0 spiro atoms. The number of imidazole rings is 1. The van der Waals surface area contributed by atoms with Crippen LogP contribution < -0.4 is 19.9 Å². The number of alkyl halides is 3. The molecule has 8 nitrogen and oxygen atoms in total. The first-order valence-corrected chi connectivity index (χ1v) is 13.1. The van der Waals surface area contributed by atoms with Gasteiger partial charge in [0.15, 0.2) is 0 Å². The highest BCUT2D eigenvalue weighted by Gasteiger charge is 2.32. The number of ether oxygens (including phenoxy) is 1. The van der Waals surface area contributed by atoms with Crippen LogP contribution in [-0.2, 0) is 26.1 Å². The quantitative estimate of drug-likeness (QED) is 0.464. The third-order valence-electron chi connectivity index (χ3n) is 7.43. The van der Waals surface area contributed by atoms with E-state index in [0.29, 0.717) is 18.7 Å². The van der Waals surface area contributed by atoms with Gasteiger partial charge in [-0.2, -0.15) is 0 Å². The van der Waals surface area contributed by atoms with E-state index >= 15 is 0 Å². The SMILES string of the molecule is CCc1nc2n(c1C(=O)NCc1ccc(N(C)C3CN(c4ccc(OC(F)(F)F)cc4)C3)cc1)CCN(C)C2. The van der Waals surface area contributed by atoms with Crippen molar-refractivity contribution in [2.24, 2.45) is 0 Å². The molecule has 2 aromatic carbocycles. The summed E-state index contributed by atoms with van der Waals surface area (Å²) < 4.78 is 43.1. The van der Waals surface area contributed by atoms with Crippen LogP contribution in [0.25, 0.3) is 0 Å². The van der Waals surface area contributed by atoms with Crippen LogP contribution in [0.1, 0.15) is 34.5 Å². The van der Waals surface area contributed by atoms with Crippen molar-refractivity contribution in [3.8, 4) is 5.75 Å². The molecule has 11 heteroatoms. The standard InChI is InChI=1S/C28H33F3N6O2/c1-4-24-26(37-14-13-34(2)18-25(37)33-24)27(38)32-15-19-5-7-20(8-6-19)35(3)22-16-36(17-22)21-9-11-23(12-10-21)39-28(29,30)31/h5-12,22H,4,13-18H2,1-3H3,(H,32,38). The minimum absolute atomic E-state index is 0.0936. The molecule has 0 saturated carbocycles. The van der Waals surface area contributed by atoms with Gasteiger partial charge >= 0.3 is 6.36 Å². The third kappa shape index (κ3) is 5.98. The number of aromatic nitrogens is 2. The molecular weight excluding hydrogens is 509 g/mol. The normalized spacial score (nSPS) is 16.0. The average Bonchev–Trinajstić information content (AvgIpc) is 3.24. The Morgan fingerprint density at radius 3 is 2.44 bits per heavy atom. The number of carbonyl (C=O) groups is 1. The Morgan fingerprint density at radius 1 is 1.10 bits per heavy atom. The van der Waals surface area contributed by atoms with E-state index in [1.165, 1.54) is 12.1 Å². The lowest BCUT2D eigenvalue weighted by Gasteiger charge is -2.46. The number of carbonyl (C=O) groups excluding carboxylic acids is 1. The molecular formula is C28H33F3N6O2. The monoisotopic (exact) mass is 542 g/mol. The summed E-state index contributed by atoms with van der Waals surface area (Å²) in [4.78, 5) is 24.3. The van der Waals surface area contributed by atoms with Crippen LogP contribution in [0.4, 0.5) is 24.5 Å². The maximum atomic E-state index is 13.1. The Kier molecular flexibility index (Phi) is 7.44. The molecule has 0 atom stereocenters. The summed E-state index contributed by atoms with van der Waals surface area (Å²) in [7, 11) is 4.09.